The van der Waals surface area contributed by atoms with E-state index >= 15 is 0 Å². The fraction of sp³-hybridized carbons (Fsp3) is 0.467. The van der Waals surface area contributed by atoms with Crippen LogP contribution in [0, 0.1) is 0 Å². The Hall–Kier alpha value is -1.62. The molecule has 20 heavy (non-hydrogen) atoms. The zero-order valence-electron chi connectivity index (χ0n) is 11.7. The number of likely N-dealkylation sites (tertiary alicyclic amines) is 1. The largest absolute Gasteiger partial charge is 0.360 e. The lowest BCUT2D eigenvalue weighted by Crippen LogP contribution is -2.30. The Morgan fingerprint density at radius 1 is 1.55 bits per heavy atom. The summed E-state index contributed by atoms with van der Waals surface area (Å²) in [4.78, 5) is 15.8. The van der Waals surface area contributed by atoms with Crippen LogP contribution in [0.15, 0.2) is 28.1 Å². The molecule has 1 atom stereocenters. The van der Waals surface area contributed by atoms with Crippen molar-refractivity contribution in [2.75, 3.05) is 6.54 Å². The third-order valence-corrected chi connectivity index (χ3v) is 4.68. The molecule has 1 aliphatic rings. The Labute approximate surface area is 122 Å². The lowest BCUT2D eigenvalue weighted by atomic mass is 10.1. The molecule has 4 nitrogen and oxygen atoms in total. The van der Waals surface area contributed by atoms with Crippen molar-refractivity contribution in [1.82, 2.24) is 10.1 Å². The molecule has 3 heterocycles. The highest BCUT2D eigenvalue weighted by atomic mass is 32.1. The van der Waals surface area contributed by atoms with Crippen LogP contribution >= 0.6 is 11.3 Å². The molecule has 2 aromatic heterocycles. The normalized spacial score (nSPS) is 18.9. The van der Waals surface area contributed by atoms with Crippen LogP contribution in [0.1, 0.15) is 59.8 Å². The molecule has 0 aliphatic carbocycles. The van der Waals surface area contributed by atoms with E-state index in [9.17, 15) is 4.79 Å². The van der Waals surface area contributed by atoms with Crippen molar-refractivity contribution in [1.29, 1.82) is 0 Å². The first-order chi connectivity index (χ1) is 9.66. The predicted molar refractivity (Wildman–Crippen MR) is 77.9 cm³/mol. The molecule has 0 radical (unpaired) electrons. The highest BCUT2D eigenvalue weighted by Crippen LogP contribution is 2.35. The summed E-state index contributed by atoms with van der Waals surface area (Å²) in [5, 5.41) is 5.99. The van der Waals surface area contributed by atoms with Gasteiger partial charge in [-0.25, -0.2) is 0 Å². The Balaban J connectivity index is 1.82. The number of amides is 1. The summed E-state index contributed by atoms with van der Waals surface area (Å²) in [7, 11) is 0. The molecule has 0 N–H and O–H groups in total. The van der Waals surface area contributed by atoms with Gasteiger partial charge in [0.1, 0.15) is 5.76 Å². The number of nitrogens with zero attached hydrogens (tertiary/aromatic N) is 2. The van der Waals surface area contributed by atoms with Gasteiger partial charge in [0.05, 0.1) is 6.04 Å². The quantitative estimate of drug-likeness (QED) is 0.863. The molecular formula is C15H18N2O2S. The molecule has 0 spiro atoms. The third-order valence-electron chi connectivity index (χ3n) is 3.70. The van der Waals surface area contributed by atoms with E-state index in [1.807, 2.05) is 24.8 Å². The molecule has 1 amide bonds. The molecule has 1 aliphatic heterocycles. The van der Waals surface area contributed by atoms with Gasteiger partial charge in [-0.1, -0.05) is 25.1 Å². The van der Waals surface area contributed by atoms with Crippen molar-refractivity contribution < 1.29 is 9.32 Å². The second kappa shape index (κ2) is 5.40. The van der Waals surface area contributed by atoms with Crippen molar-refractivity contribution in [3.8, 4) is 0 Å². The van der Waals surface area contributed by atoms with Gasteiger partial charge in [-0.3, -0.25) is 4.79 Å². The number of hydrogen-bond donors (Lipinski definition) is 0. The summed E-state index contributed by atoms with van der Waals surface area (Å²) in [5.41, 5.74) is 0.428. The van der Waals surface area contributed by atoms with E-state index in [0.717, 1.165) is 25.1 Å². The van der Waals surface area contributed by atoms with Gasteiger partial charge in [-0.05, 0) is 24.3 Å². The number of hydrogen-bond acceptors (Lipinski definition) is 4. The smallest absolute Gasteiger partial charge is 0.276 e. The Morgan fingerprint density at radius 3 is 3.05 bits per heavy atom. The van der Waals surface area contributed by atoms with E-state index in [2.05, 4.69) is 16.6 Å². The van der Waals surface area contributed by atoms with Crippen LogP contribution in [0.4, 0.5) is 0 Å². The molecule has 0 aromatic carbocycles. The fourth-order valence-electron chi connectivity index (χ4n) is 2.60. The second-order valence-electron chi connectivity index (χ2n) is 5.44. The maximum absolute atomic E-state index is 12.6. The fourth-order valence-corrected chi connectivity index (χ4v) is 3.47. The summed E-state index contributed by atoms with van der Waals surface area (Å²) in [5.74, 6) is 0.993. The summed E-state index contributed by atoms with van der Waals surface area (Å²) in [6.07, 6.45) is 2.07. The van der Waals surface area contributed by atoms with E-state index in [1.165, 1.54) is 4.88 Å². The topological polar surface area (TPSA) is 46.3 Å². The van der Waals surface area contributed by atoms with Crippen molar-refractivity contribution in [2.45, 2.75) is 38.6 Å². The highest BCUT2D eigenvalue weighted by Gasteiger charge is 2.32. The lowest BCUT2D eigenvalue weighted by Gasteiger charge is -2.22. The molecule has 3 rings (SSSR count). The van der Waals surface area contributed by atoms with Gasteiger partial charge in [0.2, 0.25) is 0 Å². The minimum absolute atomic E-state index is 0.0171. The van der Waals surface area contributed by atoms with Gasteiger partial charge in [0, 0.05) is 23.4 Å². The predicted octanol–water partition coefficient (Wildman–Crippen LogP) is 3.84. The zero-order chi connectivity index (χ0) is 14.1. The molecule has 0 saturated carbocycles. The van der Waals surface area contributed by atoms with Crippen LogP contribution in [0.3, 0.4) is 0 Å². The second-order valence-corrected chi connectivity index (χ2v) is 6.42. The SMILES string of the molecule is CC(C)c1cc(C(=O)N2CCC[C@H]2c2cccs2)no1. The van der Waals surface area contributed by atoms with Crippen molar-refractivity contribution in [3.05, 3.63) is 39.9 Å². The molecule has 1 fully saturated rings. The molecular weight excluding hydrogens is 272 g/mol. The van der Waals surface area contributed by atoms with E-state index < -0.39 is 0 Å². The van der Waals surface area contributed by atoms with Crippen LogP contribution in [0.2, 0.25) is 0 Å². The van der Waals surface area contributed by atoms with Crippen molar-refractivity contribution >= 4 is 17.2 Å². The Bertz CT molecular complexity index is 589. The maximum Gasteiger partial charge on any atom is 0.276 e. The number of thiophene rings is 1. The van der Waals surface area contributed by atoms with E-state index in [-0.39, 0.29) is 17.9 Å². The first-order valence-corrected chi connectivity index (χ1v) is 7.85. The average Bonchev–Trinajstić information content (AvgIpc) is 3.17. The molecule has 5 heteroatoms. The van der Waals surface area contributed by atoms with Crippen LogP contribution in [-0.2, 0) is 0 Å². The summed E-state index contributed by atoms with van der Waals surface area (Å²) in [6, 6.07) is 6.11. The van der Waals surface area contributed by atoms with Crippen molar-refractivity contribution in [2.24, 2.45) is 0 Å². The van der Waals surface area contributed by atoms with Crippen LogP contribution in [-0.4, -0.2) is 22.5 Å². The third kappa shape index (κ3) is 2.38. The lowest BCUT2D eigenvalue weighted by molar-refractivity contribution is 0.0727. The monoisotopic (exact) mass is 290 g/mol. The van der Waals surface area contributed by atoms with Gasteiger partial charge in [0.25, 0.3) is 5.91 Å². The van der Waals surface area contributed by atoms with Crippen LogP contribution < -0.4 is 0 Å². The van der Waals surface area contributed by atoms with Gasteiger partial charge >= 0.3 is 0 Å². The summed E-state index contributed by atoms with van der Waals surface area (Å²) >= 11 is 1.71. The average molecular weight is 290 g/mol. The minimum atomic E-state index is -0.0171. The highest BCUT2D eigenvalue weighted by molar-refractivity contribution is 7.10. The number of carbonyl (C=O) groups excluding carboxylic acids is 1. The molecule has 1 saturated heterocycles. The molecule has 106 valence electrons. The van der Waals surface area contributed by atoms with E-state index in [0.29, 0.717) is 5.69 Å². The number of rotatable bonds is 3. The first kappa shape index (κ1) is 13.4. The summed E-state index contributed by atoms with van der Waals surface area (Å²) < 4.78 is 5.24. The van der Waals surface area contributed by atoms with E-state index in [4.69, 9.17) is 4.52 Å². The van der Waals surface area contributed by atoms with Gasteiger partial charge in [-0.15, -0.1) is 11.3 Å². The van der Waals surface area contributed by atoms with Crippen LogP contribution in [0.25, 0.3) is 0 Å². The van der Waals surface area contributed by atoms with Crippen LogP contribution in [0.5, 0.6) is 0 Å². The van der Waals surface area contributed by atoms with Gasteiger partial charge in [0.15, 0.2) is 5.69 Å². The molecule has 0 bridgehead atoms. The molecule has 0 unspecified atom stereocenters. The first-order valence-electron chi connectivity index (χ1n) is 6.98. The van der Waals surface area contributed by atoms with Gasteiger partial charge in [-0.2, -0.15) is 0 Å². The number of aromatic nitrogens is 1. The maximum atomic E-state index is 12.6. The zero-order valence-corrected chi connectivity index (χ0v) is 12.5. The Kier molecular flexibility index (Phi) is 3.61. The minimum Gasteiger partial charge on any atom is -0.360 e. The Morgan fingerprint density at radius 2 is 2.40 bits per heavy atom. The van der Waals surface area contributed by atoms with Crippen molar-refractivity contribution in [3.63, 3.8) is 0 Å². The molecule has 2 aromatic rings. The number of carbonyl (C=O) groups is 1. The summed E-state index contributed by atoms with van der Waals surface area (Å²) in [6.45, 7) is 4.85. The standard InChI is InChI=1S/C15H18N2O2S/c1-10(2)13-9-11(16-19-13)15(18)17-7-3-5-12(17)14-6-4-8-20-14/h4,6,8-10,12H,3,5,7H2,1-2H3/t12-/m0/s1. The van der Waals surface area contributed by atoms with Gasteiger partial charge < -0.3 is 9.42 Å². The van der Waals surface area contributed by atoms with E-state index in [1.54, 1.807) is 17.4 Å².